The fraction of sp³-hybridized carbons (Fsp3) is 0.429. The summed E-state index contributed by atoms with van der Waals surface area (Å²) in [5, 5.41) is -0.470. The van der Waals surface area contributed by atoms with Crippen LogP contribution in [0.3, 0.4) is 0 Å². The van der Waals surface area contributed by atoms with Crippen LogP contribution in [0.4, 0.5) is 0 Å². The number of methoxy groups -OCH3 is 1. The Balaban J connectivity index is 1.81. The number of Topliss-reactive ketones (excluding diaryl/α,β-unsaturated/α-hetero) is 2. The van der Waals surface area contributed by atoms with Crippen LogP contribution in [0, 0.1) is 13.8 Å². The Hall–Kier alpha value is -4.11. The second kappa shape index (κ2) is 11.4. The van der Waals surface area contributed by atoms with Crippen molar-refractivity contribution in [3.63, 3.8) is 0 Å². The molecule has 3 aliphatic rings. The molecule has 6 rings (SSSR count). The van der Waals surface area contributed by atoms with E-state index < -0.39 is 17.1 Å². The maximum absolute atomic E-state index is 14.0. The fourth-order valence-corrected chi connectivity index (χ4v) is 7.71. The number of aromatic amines is 2. The summed E-state index contributed by atoms with van der Waals surface area (Å²) < 4.78 is 5.15. The highest BCUT2D eigenvalue weighted by Gasteiger charge is 2.45. The number of carbonyl (C=O) groups is 4. The topological polar surface area (TPSA) is 135 Å². The van der Waals surface area contributed by atoms with Gasteiger partial charge in [0.2, 0.25) is 5.24 Å². The molecule has 0 spiro atoms. The van der Waals surface area contributed by atoms with Crippen molar-refractivity contribution in [3.05, 3.63) is 68.8 Å². The van der Waals surface area contributed by atoms with Crippen molar-refractivity contribution in [2.75, 3.05) is 7.11 Å². The van der Waals surface area contributed by atoms with E-state index in [1.165, 1.54) is 7.11 Å². The summed E-state index contributed by atoms with van der Waals surface area (Å²) in [5.41, 5.74) is 8.78. The summed E-state index contributed by atoms with van der Waals surface area (Å²) in [6.45, 7) is 11.6. The average Bonchev–Trinajstić information content (AvgIpc) is 3.72. The van der Waals surface area contributed by atoms with Gasteiger partial charge in [0.05, 0.1) is 23.8 Å². The van der Waals surface area contributed by atoms with Gasteiger partial charge in [-0.2, -0.15) is 0 Å². The van der Waals surface area contributed by atoms with E-state index in [2.05, 4.69) is 23.8 Å². The van der Waals surface area contributed by atoms with E-state index in [0.29, 0.717) is 45.5 Å². The van der Waals surface area contributed by atoms with Crippen molar-refractivity contribution >= 4 is 56.4 Å². The highest BCUT2D eigenvalue weighted by atomic mass is 35.5. The Labute approximate surface area is 266 Å². The minimum Gasteiger partial charge on any atom is -0.468 e. The van der Waals surface area contributed by atoms with E-state index in [-0.39, 0.29) is 41.7 Å². The molecular formula is C35H37ClN4O5. The van der Waals surface area contributed by atoms with Gasteiger partial charge in [0.25, 0.3) is 0 Å². The van der Waals surface area contributed by atoms with Crippen LogP contribution in [-0.2, 0) is 14.3 Å². The van der Waals surface area contributed by atoms with Crippen molar-refractivity contribution < 1.29 is 23.9 Å². The van der Waals surface area contributed by atoms with Crippen molar-refractivity contribution in [1.82, 2.24) is 19.9 Å². The molecule has 5 atom stereocenters. The smallest absolute Gasteiger partial charge is 0.321 e. The number of aromatic nitrogens is 4. The average molecular weight is 629 g/mol. The van der Waals surface area contributed by atoms with Crippen molar-refractivity contribution in [2.24, 2.45) is 0 Å². The fourth-order valence-electron chi connectivity index (χ4n) is 7.60. The van der Waals surface area contributed by atoms with Crippen LogP contribution in [0.15, 0.2) is 18.2 Å². The van der Waals surface area contributed by atoms with Crippen LogP contribution in [-0.4, -0.2) is 49.8 Å². The zero-order valence-electron chi connectivity index (χ0n) is 26.6. The molecule has 0 radical (unpaired) electrons. The second-order valence-corrected chi connectivity index (χ2v) is 13.0. The number of halogens is 1. The van der Waals surface area contributed by atoms with Crippen LogP contribution in [0.25, 0.3) is 22.1 Å². The van der Waals surface area contributed by atoms with Gasteiger partial charge in [0, 0.05) is 74.9 Å². The quantitative estimate of drug-likeness (QED) is 0.126. The lowest BCUT2D eigenvalue weighted by atomic mass is 9.84. The molecule has 0 unspecified atom stereocenters. The van der Waals surface area contributed by atoms with Gasteiger partial charge in [-0.3, -0.25) is 29.1 Å². The van der Waals surface area contributed by atoms with Crippen LogP contribution >= 0.6 is 11.6 Å². The van der Waals surface area contributed by atoms with Gasteiger partial charge in [-0.15, -0.1) is 0 Å². The molecule has 0 fully saturated rings. The molecule has 3 aromatic heterocycles. The van der Waals surface area contributed by atoms with E-state index in [0.717, 1.165) is 40.0 Å². The first-order valence-corrected chi connectivity index (χ1v) is 15.8. The molecule has 2 aliphatic heterocycles. The van der Waals surface area contributed by atoms with E-state index in [1.54, 1.807) is 6.92 Å². The zero-order valence-corrected chi connectivity index (χ0v) is 27.3. The number of hydrogen-bond donors (Lipinski definition) is 2. The minimum atomic E-state index is -1.19. The molecule has 3 aromatic rings. The lowest BCUT2D eigenvalue weighted by molar-refractivity contribution is -0.141. The van der Waals surface area contributed by atoms with Gasteiger partial charge in [0.15, 0.2) is 11.6 Å². The number of hydrogen-bond acceptors (Lipinski definition) is 7. The molecule has 45 heavy (non-hydrogen) atoms. The lowest BCUT2D eigenvalue weighted by Crippen LogP contribution is -2.21. The lowest BCUT2D eigenvalue weighted by Gasteiger charge is -2.18. The zero-order chi connectivity index (χ0) is 32.5. The van der Waals surface area contributed by atoms with Crippen molar-refractivity contribution in [3.8, 4) is 0 Å². The Morgan fingerprint density at radius 2 is 1.53 bits per heavy atom. The monoisotopic (exact) mass is 628 g/mol. The summed E-state index contributed by atoms with van der Waals surface area (Å²) in [4.78, 5) is 69.2. The van der Waals surface area contributed by atoms with Crippen LogP contribution in [0.1, 0.15) is 137 Å². The first kappa shape index (κ1) is 30.9. The Morgan fingerprint density at radius 1 is 0.911 bits per heavy atom. The molecule has 0 saturated carbocycles. The van der Waals surface area contributed by atoms with Crippen molar-refractivity contribution in [1.29, 1.82) is 0 Å². The van der Waals surface area contributed by atoms with E-state index in [4.69, 9.17) is 26.3 Å². The number of ketones is 2. The molecule has 234 valence electrons. The molecule has 8 bridgehead atoms. The van der Waals surface area contributed by atoms with Crippen molar-refractivity contribution in [2.45, 2.75) is 90.4 Å². The molecule has 10 heteroatoms. The summed E-state index contributed by atoms with van der Waals surface area (Å²) in [7, 11) is 1.27. The van der Waals surface area contributed by atoms with Gasteiger partial charge in [-0.1, -0.05) is 20.8 Å². The second-order valence-electron chi connectivity index (χ2n) is 12.6. The van der Waals surface area contributed by atoms with E-state index in [9.17, 15) is 19.2 Å². The number of fused-ring (bicyclic) bond motifs is 8. The SMILES string of the molecule is CC[C@H]1c2cc3[nH]c4c(c3C)C(=O)[C@H](C(=O)OC)c4c3nc(cc4[nH]c(cc(n2)[C@@H]1C)c(C(C)=O)c4C)[C@@H](C)[C@@H]3CCC(=O)Cl. The number of carbonyl (C=O) groups excluding carboxylic acids is 4. The summed E-state index contributed by atoms with van der Waals surface area (Å²) >= 11 is 5.81. The first-order valence-electron chi connectivity index (χ1n) is 15.5. The predicted molar refractivity (Wildman–Crippen MR) is 172 cm³/mol. The number of ether oxygens (including phenoxy) is 1. The number of H-pyrrole nitrogens is 2. The van der Waals surface area contributed by atoms with E-state index in [1.807, 2.05) is 39.0 Å². The Morgan fingerprint density at radius 3 is 2.18 bits per heavy atom. The highest BCUT2D eigenvalue weighted by Crippen LogP contribution is 2.48. The minimum absolute atomic E-state index is 0.0588. The van der Waals surface area contributed by atoms with Gasteiger partial charge < -0.3 is 14.7 Å². The Kier molecular flexibility index (Phi) is 7.80. The molecule has 5 heterocycles. The predicted octanol–water partition coefficient (Wildman–Crippen LogP) is 7.32. The number of aryl methyl sites for hydroxylation is 2. The molecule has 0 aromatic carbocycles. The summed E-state index contributed by atoms with van der Waals surface area (Å²) in [5.74, 6) is -2.51. The molecule has 9 nitrogen and oxygen atoms in total. The van der Waals surface area contributed by atoms with Crippen LogP contribution in [0.2, 0.25) is 0 Å². The largest absolute Gasteiger partial charge is 0.468 e. The van der Waals surface area contributed by atoms with Crippen LogP contribution in [0.5, 0.6) is 0 Å². The third-order valence-corrected chi connectivity index (χ3v) is 10.3. The first-order chi connectivity index (χ1) is 21.4. The van der Waals surface area contributed by atoms with Gasteiger partial charge in [0.1, 0.15) is 5.92 Å². The molecule has 0 saturated heterocycles. The third kappa shape index (κ3) is 4.83. The maximum Gasteiger partial charge on any atom is 0.321 e. The number of nitrogens with zero attached hydrogens (tertiary/aromatic N) is 2. The van der Waals surface area contributed by atoms with Gasteiger partial charge >= 0.3 is 5.97 Å². The number of rotatable bonds is 6. The summed E-state index contributed by atoms with van der Waals surface area (Å²) in [6.07, 6.45) is 1.34. The van der Waals surface area contributed by atoms with Gasteiger partial charge in [-0.05, 0) is 74.5 Å². The Bertz CT molecular complexity index is 1970. The molecule has 2 N–H and O–H groups in total. The highest BCUT2D eigenvalue weighted by molar-refractivity contribution is 6.63. The number of esters is 1. The van der Waals surface area contributed by atoms with E-state index >= 15 is 0 Å². The van der Waals surface area contributed by atoms with Gasteiger partial charge in [-0.25, -0.2) is 0 Å². The molecular weight excluding hydrogens is 592 g/mol. The molecule has 1 aliphatic carbocycles. The number of nitrogens with one attached hydrogen (secondary N) is 2. The maximum atomic E-state index is 14.0. The standard InChI is InChI=1S/C35H37ClN4O5/c1-8-19-14(2)21-13-26-28(18(6)41)16(4)23(38-26)11-22-15(3)20(9-10-27(36)42)32(39-22)30-31(35(44)45-7)34(43)29-17(5)24(40-33(29)30)12-25(19)37-21/h11-15,19-20,31,38,40H,8-10H2,1-7H3/t14-,15+,19-,20+,31-/m1/s1. The normalized spacial score (nSPS) is 22.1. The van der Waals surface area contributed by atoms with Crippen LogP contribution < -0.4 is 0 Å². The third-order valence-electron chi connectivity index (χ3n) is 10.1. The molecule has 0 amide bonds. The summed E-state index contributed by atoms with van der Waals surface area (Å²) in [6, 6.07) is 5.90.